The Morgan fingerprint density at radius 1 is 0.964 bits per heavy atom. The number of Topliss-reactive ketones (excluding diaryl/α,β-unsaturated/α-hetero) is 1. The minimum Gasteiger partial charge on any atom is -0.493 e. The van der Waals surface area contributed by atoms with Crippen molar-refractivity contribution in [2.45, 2.75) is 16.6 Å². The number of hydrogen-bond acceptors (Lipinski definition) is 6. The Bertz CT molecular complexity index is 883. The molecule has 0 aliphatic carbocycles. The lowest BCUT2D eigenvalue weighted by Gasteiger charge is -2.20. The first-order chi connectivity index (χ1) is 13.7. The van der Waals surface area contributed by atoms with Gasteiger partial charge in [-0.25, -0.2) is 0 Å². The Hall–Kier alpha value is -2.44. The summed E-state index contributed by atoms with van der Waals surface area (Å²) in [4.78, 5) is 14.7. The van der Waals surface area contributed by atoms with E-state index >= 15 is 0 Å². The first kappa shape index (κ1) is 20.3. The lowest BCUT2D eigenvalue weighted by molar-refractivity contribution is 0.0986. The fourth-order valence-corrected chi connectivity index (χ4v) is 4.71. The molecule has 0 N–H and O–H groups in total. The van der Waals surface area contributed by atoms with E-state index in [1.807, 2.05) is 60.0 Å². The highest BCUT2D eigenvalue weighted by Gasteiger charge is 2.23. The number of carbonyl (C=O) groups is 1. The van der Waals surface area contributed by atoms with Crippen LogP contribution in [0.25, 0.3) is 0 Å². The predicted octanol–water partition coefficient (Wildman–Crippen LogP) is 5.88. The van der Waals surface area contributed by atoms with E-state index in [1.165, 1.54) is 11.3 Å². The van der Waals surface area contributed by atoms with Crippen LogP contribution >= 0.6 is 23.1 Å². The molecule has 3 rings (SSSR count). The molecule has 146 valence electrons. The second-order valence-electron chi connectivity index (χ2n) is 5.98. The van der Waals surface area contributed by atoms with Crippen LogP contribution in [0.1, 0.15) is 26.9 Å². The van der Waals surface area contributed by atoms with Gasteiger partial charge in [-0.3, -0.25) is 4.79 Å². The summed E-state index contributed by atoms with van der Waals surface area (Å²) in [5, 5.41) is 1.83. The summed E-state index contributed by atoms with van der Waals surface area (Å²) in [6.45, 7) is 0. The Kier molecular flexibility index (Phi) is 7.01. The first-order valence-electron chi connectivity index (χ1n) is 8.74. The largest absolute Gasteiger partial charge is 0.493 e. The fourth-order valence-electron chi connectivity index (χ4n) is 2.88. The van der Waals surface area contributed by atoms with E-state index in [2.05, 4.69) is 0 Å². The van der Waals surface area contributed by atoms with E-state index in [9.17, 15) is 4.79 Å². The van der Waals surface area contributed by atoms with Crippen molar-refractivity contribution in [2.24, 2.45) is 0 Å². The maximum absolute atomic E-state index is 12.8. The van der Waals surface area contributed by atoms with E-state index in [4.69, 9.17) is 14.2 Å². The Morgan fingerprint density at radius 3 is 2.18 bits per heavy atom. The number of carbonyl (C=O) groups excluding carboxylic acids is 1. The van der Waals surface area contributed by atoms with Gasteiger partial charge in [-0.15, -0.1) is 23.1 Å². The second kappa shape index (κ2) is 9.66. The molecule has 0 aliphatic heterocycles. The molecule has 0 saturated carbocycles. The van der Waals surface area contributed by atoms with Gasteiger partial charge in [0.05, 0.1) is 26.2 Å². The smallest absolute Gasteiger partial charge is 0.203 e. The van der Waals surface area contributed by atoms with Crippen molar-refractivity contribution in [3.63, 3.8) is 0 Å². The van der Waals surface area contributed by atoms with Crippen molar-refractivity contribution < 1.29 is 19.0 Å². The SMILES string of the molecule is COc1cc([C@H](CC(=O)c2cccs2)Sc2ccccc2)cc(OC)c1OC. The number of thiophene rings is 1. The quantitative estimate of drug-likeness (QED) is 0.323. The molecule has 3 aromatic rings. The highest BCUT2D eigenvalue weighted by atomic mass is 32.2. The monoisotopic (exact) mass is 414 g/mol. The molecule has 1 aromatic heterocycles. The van der Waals surface area contributed by atoms with Crippen molar-refractivity contribution in [1.82, 2.24) is 0 Å². The summed E-state index contributed by atoms with van der Waals surface area (Å²) in [7, 11) is 4.77. The molecule has 0 radical (unpaired) electrons. The lowest BCUT2D eigenvalue weighted by Crippen LogP contribution is -2.05. The van der Waals surface area contributed by atoms with Crippen molar-refractivity contribution in [2.75, 3.05) is 21.3 Å². The van der Waals surface area contributed by atoms with Gasteiger partial charge in [0.15, 0.2) is 17.3 Å². The van der Waals surface area contributed by atoms with Crippen LogP contribution in [0.3, 0.4) is 0 Å². The van der Waals surface area contributed by atoms with Crippen molar-refractivity contribution in [1.29, 1.82) is 0 Å². The van der Waals surface area contributed by atoms with E-state index < -0.39 is 0 Å². The van der Waals surface area contributed by atoms with Crippen molar-refractivity contribution >= 4 is 28.9 Å². The highest BCUT2D eigenvalue weighted by Crippen LogP contribution is 2.45. The van der Waals surface area contributed by atoms with Gasteiger partial charge in [0, 0.05) is 16.6 Å². The number of benzene rings is 2. The van der Waals surface area contributed by atoms with Gasteiger partial charge in [-0.1, -0.05) is 24.3 Å². The zero-order chi connectivity index (χ0) is 19.9. The van der Waals surface area contributed by atoms with Crippen LogP contribution in [-0.4, -0.2) is 27.1 Å². The number of ketones is 1. The van der Waals surface area contributed by atoms with Crippen LogP contribution in [0.5, 0.6) is 17.2 Å². The Balaban J connectivity index is 1.99. The molecule has 0 saturated heterocycles. The molecule has 0 aliphatic rings. The van der Waals surface area contributed by atoms with Gasteiger partial charge in [0.25, 0.3) is 0 Å². The molecule has 0 unspecified atom stereocenters. The van der Waals surface area contributed by atoms with Crippen molar-refractivity contribution in [3.05, 3.63) is 70.4 Å². The number of ether oxygens (including phenoxy) is 3. The minimum absolute atomic E-state index is 0.0919. The van der Waals surface area contributed by atoms with Crippen LogP contribution in [0.4, 0.5) is 0 Å². The lowest BCUT2D eigenvalue weighted by atomic mass is 10.0. The van der Waals surface area contributed by atoms with Gasteiger partial charge >= 0.3 is 0 Å². The number of rotatable bonds is 9. The van der Waals surface area contributed by atoms with Crippen LogP contribution < -0.4 is 14.2 Å². The molecule has 0 fully saturated rings. The zero-order valence-corrected chi connectivity index (χ0v) is 17.6. The molecule has 0 spiro atoms. The normalized spacial score (nSPS) is 11.7. The standard InChI is InChI=1S/C22H22O4S2/c1-24-18-12-15(13-19(25-2)22(18)26-3)21(28-16-8-5-4-6-9-16)14-17(23)20-10-7-11-27-20/h4-13,21H,14H2,1-3H3/t21-/m0/s1. The van der Waals surface area contributed by atoms with Crippen molar-refractivity contribution in [3.8, 4) is 17.2 Å². The van der Waals surface area contributed by atoms with Crippen LogP contribution in [0, 0.1) is 0 Å². The highest BCUT2D eigenvalue weighted by molar-refractivity contribution is 7.99. The minimum atomic E-state index is -0.0919. The summed E-state index contributed by atoms with van der Waals surface area (Å²) in [5.74, 6) is 1.83. The summed E-state index contributed by atoms with van der Waals surface area (Å²) in [6, 6.07) is 17.7. The number of hydrogen-bond donors (Lipinski definition) is 0. The molecule has 1 atom stereocenters. The van der Waals surface area contributed by atoms with E-state index in [1.54, 1.807) is 33.1 Å². The zero-order valence-electron chi connectivity index (χ0n) is 16.0. The number of methoxy groups -OCH3 is 3. The van der Waals surface area contributed by atoms with E-state index in [0.717, 1.165) is 15.3 Å². The number of thioether (sulfide) groups is 1. The molecular weight excluding hydrogens is 392 g/mol. The Labute approximate surface area is 173 Å². The van der Waals surface area contributed by atoms with Gasteiger partial charge < -0.3 is 14.2 Å². The second-order valence-corrected chi connectivity index (χ2v) is 8.21. The average molecular weight is 415 g/mol. The molecule has 4 nitrogen and oxygen atoms in total. The van der Waals surface area contributed by atoms with E-state index in [0.29, 0.717) is 23.7 Å². The molecule has 6 heteroatoms. The third kappa shape index (κ3) is 4.69. The third-order valence-corrected chi connectivity index (χ3v) is 6.43. The third-order valence-electron chi connectivity index (χ3n) is 4.25. The molecule has 0 bridgehead atoms. The fraction of sp³-hybridized carbons (Fsp3) is 0.227. The summed E-state index contributed by atoms with van der Waals surface area (Å²) >= 11 is 3.12. The predicted molar refractivity (Wildman–Crippen MR) is 114 cm³/mol. The molecule has 0 amide bonds. The molecular formula is C22H22O4S2. The van der Waals surface area contributed by atoms with Gasteiger partial charge in [-0.2, -0.15) is 0 Å². The molecule has 2 aromatic carbocycles. The van der Waals surface area contributed by atoms with Gasteiger partial charge in [-0.05, 0) is 41.3 Å². The van der Waals surface area contributed by atoms with Crippen LogP contribution in [-0.2, 0) is 0 Å². The summed E-state index contributed by atoms with van der Waals surface area (Å²) in [5.41, 5.74) is 0.952. The van der Waals surface area contributed by atoms with Gasteiger partial charge in [0.1, 0.15) is 0 Å². The Morgan fingerprint density at radius 2 is 1.64 bits per heavy atom. The summed E-state index contributed by atoms with van der Waals surface area (Å²) < 4.78 is 16.4. The van der Waals surface area contributed by atoms with Gasteiger partial charge in [0.2, 0.25) is 5.75 Å². The van der Waals surface area contributed by atoms with Crippen LogP contribution in [0.15, 0.2) is 64.9 Å². The molecule has 28 heavy (non-hydrogen) atoms. The summed E-state index contributed by atoms with van der Waals surface area (Å²) in [6.07, 6.45) is 0.374. The van der Waals surface area contributed by atoms with E-state index in [-0.39, 0.29) is 11.0 Å². The maximum atomic E-state index is 12.8. The first-order valence-corrected chi connectivity index (χ1v) is 10.5. The maximum Gasteiger partial charge on any atom is 0.203 e. The van der Waals surface area contributed by atoms with Crippen LogP contribution in [0.2, 0.25) is 0 Å². The average Bonchev–Trinajstić information content (AvgIpc) is 3.28. The molecule has 1 heterocycles. The topological polar surface area (TPSA) is 44.8 Å².